The molecule has 2 aliphatic rings. The van der Waals surface area contributed by atoms with Gasteiger partial charge in [-0.25, -0.2) is 0 Å². The third kappa shape index (κ3) is 3.09. The van der Waals surface area contributed by atoms with Crippen molar-refractivity contribution < 1.29 is 4.74 Å². The van der Waals surface area contributed by atoms with Gasteiger partial charge in [0.05, 0.1) is 16.3 Å². The van der Waals surface area contributed by atoms with Crippen molar-refractivity contribution >= 4 is 33.2 Å². The SMILES string of the molecule is Clc1cc(Br)ccc1NC1CCC2(CCCO2)CC1. The van der Waals surface area contributed by atoms with E-state index < -0.39 is 0 Å². The molecule has 1 saturated carbocycles. The minimum atomic E-state index is 0.210. The van der Waals surface area contributed by atoms with Crippen molar-refractivity contribution in [2.24, 2.45) is 0 Å². The quantitative estimate of drug-likeness (QED) is 0.814. The molecular formula is C15H19BrClNO. The zero-order valence-corrected chi connectivity index (χ0v) is 13.3. The fourth-order valence-corrected chi connectivity index (χ4v) is 3.99. The fourth-order valence-electron chi connectivity index (χ4n) is 3.26. The molecule has 3 rings (SSSR count). The molecule has 0 amide bonds. The van der Waals surface area contributed by atoms with Gasteiger partial charge in [-0.05, 0) is 56.7 Å². The second-order valence-corrected chi connectivity index (χ2v) is 7.00. The predicted molar refractivity (Wildman–Crippen MR) is 82.9 cm³/mol. The molecule has 0 atom stereocenters. The lowest BCUT2D eigenvalue weighted by atomic mass is 9.80. The summed E-state index contributed by atoms with van der Waals surface area (Å²) >= 11 is 9.69. The number of hydrogen-bond donors (Lipinski definition) is 1. The van der Waals surface area contributed by atoms with E-state index in [0.717, 1.165) is 21.8 Å². The van der Waals surface area contributed by atoms with E-state index in [2.05, 4.69) is 21.2 Å². The van der Waals surface area contributed by atoms with Crippen molar-refractivity contribution in [3.05, 3.63) is 27.7 Å². The molecule has 1 aromatic carbocycles. The van der Waals surface area contributed by atoms with Crippen molar-refractivity contribution in [2.45, 2.75) is 50.2 Å². The summed E-state index contributed by atoms with van der Waals surface area (Å²) in [5.41, 5.74) is 1.25. The van der Waals surface area contributed by atoms with Gasteiger partial charge in [0.1, 0.15) is 0 Å². The molecule has 0 aromatic heterocycles. The molecule has 1 heterocycles. The highest BCUT2D eigenvalue weighted by molar-refractivity contribution is 9.10. The van der Waals surface area contributed by atoms with Crippen LogP contribution in [0.25, 0.3) is 0 Å². The third-order valence-corrected chi connectivity index (χ3v) is 5.18. The van der Waals surface area contributed by atoms with E-state index in [4.69, 9.17) is 16.3 Å². The van der Waals surface area contributed by atoms with Crippen LogP contribution in [0.1, 0.15) is 38.5 Å². The number of anilines is 1. The van der Waals surface area contributed by atoms with Gasteiger partial charge in [-0.15, -0.1) is 0 Å². The predicted octanol–water partition coefficient (Wildman–Crippen LogP) is 5.01. The minimum Gasteiger partial charge on any atom is -0.381 e. The van der Waals surface area contributed by atoms with Crippen LogP contribution in [0.2, 0.25) is 5.02 Å². The Morgan fingerprint density at radius 1 is 1.26 bits per heavy atom. The minimum absolute atomic E-state index is 0.210. The second kappa shape index (κ2) is 5.63. The van der Waals surface area contributed by atoms with Crippen LogP contribution in [0.3, 0.4) is 0 Å². The Labute approximate surface area is 128 Å². The third-order valence-electron chi connectivity index (χ3n) is 4.37. The maximum atomic E-state index is 6.25. The summed E-state index contributed by atoms with van der Waals surface area (Å²) in [5.74, 6) is 0. The molecule has 0 bridgehead atoms. The van der Waals surface area contributed by atoms with Crippen LogP contribution >= 0.6 is 27.5 Å². The van der Waals surface area contributed by atoms with Crippen LogP contribution in [0.5, 0.6) is 0 Å². The lowest BCUT2D eigenvalue weighted by molar-refractivity contribution is -0.0263. The van der Waals surface area contributed by atoms with Crippen molar-refractivity contribution in [2.75, 3.05) is 11.9 Å². The Hall–Kier alpha value is -0.250. The molecule has 1 aliphatic heterocycles. The normalized spacial score (nSPS) is 30.7. The first-order valence-corrected chi connectivity index (χ1v) is 8.20. The van der Waals surface area contributed by atoms with E-state index in [1.807, 2.05) is 18.2 Å². The summed E-state index contributed by atoms with van der Waals surface area (Å²) in [5, 5.41) is 4.36. The monoisotopic (exact) mass is 343 g/mol. The highest BCUT2D eigenvalue weighted by atomic mass is 79.9. The summed E-state index contributed by atoms with van der Waals surface area (Å²) in [6.45, 7) is 0.955. The van der Waals surface area contributed by atoms with Crippen molar-refractivity contribution in [3.63, 3.8) is 0 Å². The maximum absolute atomic E-state index is 6.25. The van der Waals surface area contributed by atoms with Crippen molar-refractivity contribution in [1.82, 2.24) is 0 Å². The van der Waals surface area contributed by atoms with Crippen molar-refractivity contribution in [3.8, 4) is 0 Å². The van der Waals surface area contributed by atoms with Gasteiger partial charge in [0, 0.05) is 17.1 Å². The Morgan fingerprint density at radius 3 is 2.68 bits per heavy atom. The molecule has 1 N–H and O–H groups in total. The Kier molecular flexibility index (Phi) is 4.06. The van der Waals surface area contributed by atoms with Gasteiger partial charge in [0.25, 0.3) is 0 Å². The van der Waals surface area contributed by atoms with Crippen LogP contribution in [0.15, 0.2) is 22.7 Å². The van der Waals surface area contributed by atoms with E-state index >= 15 is 0 Å². The summed E-state index contributed by atoms with van der Waals surface area (Å²) in [6, 6.07) is 6.53. The first-order chi connectivity index (χ1) is 9.17. The number of benzene rings is 1. The fraction of sp³-hybridized carbons (Fsp3) is 0.600. The number of nitrogens with one attached hydrogen (secondary N) is 1. The summed E-state index contributed by atoms with van der Waals surface area (Å²) < 4.78 is 6.98. The van der Waals surface area contributed by atoms with Crippen LogP contribution in [-0.4, -0.2) is 18.2 Å². The zero-order valence-electron chi connectivity index (χ0n) is 10.9. The molecule has 1 spiro atoms. The molecule has 104 valence electrons. The molecule has 1 aromatic rings. The lowest BCUT2D eigenvalue weighted by Gasteiger charge is -2.37. The zero-order chi connectivity index (χ0) is 13.3. The Balaban J connectivity index is 1.60. The molecule has 0 radical (unpaired) electrons. The van der Waals surface area contributed by atoms with Crippen LogP contribution in [-0.2, 0) is 4.74 Å². The molecule has 0 unspecified atom stereocenters. The highest BCUT2D eigenvalue weighted by Crippen LogP contribution is 2.40. The largest absolute Gasteiger partial charge is 0.381 e. The first kappa shape index (κ1) is 13.7. The van der Waals surface area contributed by atoms with Crippen LogP contribution < -0.4 is 5.32 Å². The van der Waals surface area contributed by atoms with Crippen LogP contribution in [0.4, 0.5) is 5.69 Å². The van der Waals surface area contributed by atoms with Gasteiger partial charge >= 0.3 is 0 Å². The summed E-state index contributed by atoms with van der Waals surface area (Å²) in [4.78, 5) is 0. The van der Waals surface area contributed by atoms with Crippen molar-refractivity contribution in [1.29, 1.82) is 0 Å². The highest BCUT2D eigenvalue weighted by Gasteiger charge is 2.38. The topological polar surface area (TPSA) is 21.3 Å². The van der Waals surface area contributed by atoms with Gasteiger partial charge < -0.3 is 10.1 Å². The van der Waals surface area contributed by atoms with E-state index in [-0.39, 0.29) is 5.60 Å². The summed E-state index contributed by atoms with van der Waals surface area (Å²) in [7, 11) is 0. The van der Waals surface area contributed by atoms with Gasteiger partial charge in [-0.2, -0.15) is 0 Å². The second-order valence-electron chi connectivity index (χ2n) is 5.68. The lowest BCUT2D eigenvalue weighted by Crippen LogP contribution is -2.37. The van der Waals surface area contributed by atoms with E-state index in [0.29, 0.717) is 6.04 Å². The Morgan fingerprint density at radius 2 is 2.05 bits per heavy atom. The molecular weight excluding hydrogens is 326 g/mol. The van der Waals surface area contributed by atoms with Gasteiger partial charge in [-0.1, -0.05) is 27.5 Å². The number of hydrogen-bond acceptors (Lipinski definition) is 2. The molecule has 1 saturated heterocycles. The van der Waals surface area contributed by atoms with Gasteiger partial charge in [0.15, 0.2) is 0 Å². The Bertz CT molecular complexity index is 449. The number of halogens is 2. The number of ether oxygens (including phenoxy) is 1. The molecule has 2 nitrogen and oxygen atoms in total. The van der Waals surface area contributed by atoms with Gasteiger partial charge in [-0.3, -0.25) is 0 Å². The average molecular weight is 345 g/mol. The molecule has 4 heteroatoms. The smallest absolute Gasteiger partial charge is 0.0685 e. The van der Waals surface area contributed by atoms with E-state index in [1.165, 1.54) is 38.5 Å². The molecule has 2 fully saturated rings. The van der Waals surface area contributed by atoms with E-state index in [1.54, 1.807) is 0 Å². The standard InChI is InChI=1S/C15H19BrClNO/c16-11-2-3-14(13(17)10-11)18-12-4-7-15(8-5-12)6-1-9-19-15/h2-3,10,12,18H,1,4-9H2. The number of rotatable bonds is 2. The summed E-state index contributed by atoms with van der Waals surface area (Å²) in [6.07, 6.45) is 7.19. The molecule has 1 aliphatic carbocycles. The first-order valence-electron chi connectivity index (χ1n) is 7.02. The van der Waals surface area contributed by atoms with Gasteiger partial charge in [0.2, 0.25) is 0 Å². The van der Waals surface area contributed by atoms with Crippen LogP contribution in [0, 0.1) is 0 Å². The molecule has 19 heavy (non-hydrogen) atoms. The average Bonchev–Trinajstić information content (AvgIpc) is 2.84. The maximum Gasteiger partial charge on any atom is 0.0685 e. The van der Waals surface area contributed by atoms with E-state index in [9.17, 15) is 0 Å².